The molecule has 0 saturated carbocycles. The van der Waals surface area contributed by atoms with E-state index in [1.165, 1.54) is 12.0 Å². The van der Waals surface area contributed by atoms with Crippen LogP contribution in [0.1, 0.15) is 36.6 Å². The van der Waals surface area contributed by atoms with Gasteiger partial charge in [-0.15, -0.1) is 11.3 Å². The number of hydrogen-bond acceptors (Lipinski definition) is 4. The molecule has 1 atom stereocenters. The summed E-state index contributed by atoms with van der Waals surface area (Å²) in [5, 5.41) is 3.25. The topological polar surface area (TPSA) is 38.3 Å². The van der Waals surface area contributed by atoms with Gasteiger partial charge in [-0.2, -0.15) is 0 Å². The summed E-state index contributed by atoms with van der Waals surface area (Å²) >= 11 is 1.65. The number of para-hydroxylation sites is 1. The summed E-state index contributed by atoms with van der Waals surface area (Å²) in [6, 6.07) is 13.3. The molecule has 0 radical (unpaired) electrons. The highest BCUT2D eigenvalue weighted by molar-refractivity contribution is 7.12. The molecule has 21 heavy (non-hydrogen) atoms. The Hall–Kier alpha value is -1.81. The molecule has 0 bridgehead atoms. The Bertz CT molecular complexity index is 599. The van der Waals surface area contributed by atoms with Gasteiger partial charge in [-0.25, -0.2) is 4.79 Å². The minimum Gasteiger partial charge on any atom is -0.467 e. The summed E-state index contributed by atoms with van der Waals surface area (Å²) in [4.78, 5) is 14.3. The number of carbonyl (C=O) groups excluding carboxylic acids is 1. The Morgan fingerprint density at radius 2 is 1.81 bits per heavy atom. The summed E-state index contributed by atoms with van der Waals surface area (Å²) in [7, 11) is 1.42. The van der Waals surface area contributed by atoms with Crippen LogP contribution in [0.3, 0.4) is 0 Å². The number of methoxy groups -OCH3 is 1. The van der Waals surface area contributed by atoms with Crippen molar-refractivity contribution in [1.29, 1.82) is 0 Å². The van der Waals surface area contributed by atoms with Gasteiger partial charge in [-0.3, -0.25) is 0 Å². The summed E-state index contributed by atoms with van der Waals surface area (Å²) < 4.78 is 4.94. The number of thiophene rings is 1. The SMILES string of the molecule is COC(=O)C(Nc1ccccc1)c1ccc(C(C)(C)C)s1. The predicted molar refractivity (Wildman–Crippen MR) is 87.8 cm³/mol. The molecule has 2 rings (SSSR count). The summed E-state index contributed by atoms with van der Waals surface area (Å²) in [5.74, 6) is -0.277. The third kappa shape index (κ3) is 3.85. The molecule has 1 heterocycles. The van der Waals surface area contributed by atoms with Crippen LogP contribution in [-0.2, 0) is 14.9 Å². The van der Waals surface area contributed by atoms with E-state index in [2.05, 4.69) is 32.2 Å². The van der Waals surface area contributed by atoms with Crippen LogP contribution in [0.15, 0.2) is 42.5 Å². The van der Waals surface area contributed by atoms with E-state index in [-0.39, 0.29) is 11.4 Å². The van der Waals surface area contributed by atoms with Crippen molar-refractivity contribution in [2.75, 3.05) is 12.4 Å². The highest BCUT2D eigenvalue weighted by atomic mass is 32.1. The van der Waals surface area contributed by atoms with Gasteiger partial charge in [0.25, 0.3) is 0 Å². The number of hydrogen-bond donors (Lipinski definition) is 1. The Kier molecular flexibility index (Phi) is 4.68. The molecule has 0 spiro atoms. The van der Waals surface area contributed by atoms with E-state index >= 15 is 0 Å². The second-order valence-electron chi connectivity index (χ2n) is 5.92. The van der Waals surface area contributed by atoms with Crippen molar-refractivity contribution in [2.45, 2.75) is 32.2 Å². The van der Waals surface area contributed by atoms with E-state index in [1.54, 1.807) is 11.3 Å². The van der Waals surface area contributed by atoms with Crippen molar-refractivity contribution in [1.82, 2.24) is 0 Å². The molecular weight excluding hydrogens is 282 g/mol. The summed E-state index contributed by atoms with van der Waals surface area (Å²) in [6.45, 7) is 6.50. The molecule has 1 aromatic carbocycles. The summed E-state index contributed by atoms with van der Waals surface area (Å²) in [6.07, 6.45) is 0. The molecular formula is C17H21NO2S. The lowest BCUT2D eigenvalue weighted by Crippen LogP contribution is -2.21. The number of benzene rings is 1. The molecule has 1 aromatic heterocycles. The van der Waals surface area contributed by atoms with Crippen LogP contribution < -0.4 is 5.32 Å². The zero-order valence-corrected chi connectivity index (χ0v) is 13.7. The van der Waals surface area contributed by atoms with E-state index in [9.17, 15) is 4.79 Å². The van der Waals surface area contributed by atoms with Crippen molar-refractivity contribution in [3.8, 4) is 0 Å². The smallest absolute Gasteiger partial charge is 0.333 e. The Labute approximate surface area is 130 Å². The molecule has 0 aliphatic carbocycles. The molecule has 2 aromatic rings. The van der Waals surface area contributed by atoms with Gasteiger partial charge in [-0.05, 0) is 29.7 Å². The fourth-order valence-electron chi connectivity index (χ4n) is 1.98. The fourth-order valence-corrected chi connectivity index (χ4v) is 3.08. The fraction of sp³-hybridized carbons (Fsp3) is 0.353. The van der Waals surface area contributed by atoms with Gasteiger partial charge >= 0.3 is 5.97 Å². The first-order valence-corrected chi connectivity index (χ1v) is 7.73. The third-order valence-electron chi connectivity index (χ3n) is 3.17. The molecule has 112 valence electrons. The van der Waals surface area contributed by atoms with Crippen molar-refractivity contribution < 1.29 is 9.53 Å². The molecule has 1 N–H and O–H groups in total. The Morgan fingerprint density at radius 1 is 1.14 bits per heavy atom. The summed E-state index contributed by atoms with van der Waals surface area (Å²) in [5.41, 5.74) is 0.981. The standard InChI is InChI=1S/C17H21NO2S/c1-17(2,3)14-11-10-13(21-14)15(16(19)20-4)18-12-8-6-5-7-9-12/h5-11,15,18H,1-4H3. The van der Waals surface area contributed by atoms with E-state index < -0.39 is 6.04 Å². The van der Waals surface area contributed by atoms with Crippen LogP contribution in [0.5, 0.6) is 0 Å². The Balaban J connectivity index is 2.28. The average Bonchev–Trinajstić information content (AvgIpc) is 2.94. The van der Waals surface area contributed by atoms with Crippen LogP contribution in [0.25, 0.3) is 0 Å². The second kappa shape index (κ2) is 6.31. The van der Waals surface area contributed by atoms with Gasteiger partial charge in [0.1, 0.15) is 0 Å². The lowest BCUT2D eigenvalue weighted by Gasteiger charge is -2.18. The molecule has 0 saturated heterocycles. The zero-order chi connectivity index (χ0) is 15.5. The largest absolute Gasteiger partial charge is 0.467 e. The van der Waals surface area contributed by atoms with Gasteiger partial charge in [-0.1, -0.05) is 39.0 Å². The predicted octanol–water partition coefficient (Wildman–Crippen LogP) is 4.37. The molecule has 3 nitrogen and oxygen atoms in total. The molecule has 0 aliphatic heterocycles. The van der Waals surface area contributed by atoms with Crippen molar-refractivity contribution in [3.05, 3.63) is 52.2 Å². The van der Waals surface area contributed by atoms with Crippen molar-refractivity contribution >= 4 is 23.0 Å². The molecule has 0 amide bonds. The number of anilines is 1. The van der Waals surface area contributed by atoms with E-state index in [0.29, 0.717) is 0 Å². The quantitative estimate of drug-likeness (QED) is 0.852. The maximum Gasteiger partial charge on any atom is 0.333 e. The van der Waals surface area contributed by atoms with Gasteiger partial charge in [0, 0.05) is 15.4 Å². The lowest BCUT2D eigenvalue weighted by atomic mass is 9.95. The highest BCUT2D eigenvalue weighted by Crippen LogP contribution is 2.34. The van der Waals surface area contributed by atoms with E-state index in [4.69, 9.17) is 4.74 Å². The maximum atomic E-state index is 12.1. The second-order valence-corrected chi connectivity index (χ2v) is 7.03. The number of nitrogens with one attached hydrogen (secondary N) is 1. The number of rotatable bonds is 4. The molecule has 0 fully saturated rings. The van der Waals surface area contributed by atoms with Gasteiger partial charge in [0.05, 0.1) is 7.11 Å². The van der Waals surface area contributed by atoms with E-state index in [0.717, 1.165) is 10.6 Å². The first-order valence-electron chi connectivity index (χ1n) is 6.91. The number of esters is 1. The third-order valence-corrected chi connectivity index (χ3v) is 4.75. The lowest BCUT2D eigenvalue weighted by molar-refractivity contribution is -0.141. The van der Waals surface area contributed by atoms with Gasteiger partial charge in [0.2, 0.25) is 0 Å². The first-order chi connectivity index (χ1) is 9.91. The van der Waals surface area contributed by atoms with Crippen LogP contribution in [-0.4, -0.2) is 13.1 Å². The monoisotopic (exact) mass is 303 g/mol. The van der Waals surface area contributed by atoms with Crippen molar-refractivity contribution in [2.24, 2.45) is 0 Å². The van der Waals surface area contributed by atoms with Crippen LogP contribution in [0.2, 0.25) is 0 Å². The number of carbonyl (C=O) groups is 1. The van der Waals surface area contributed by atoms with Gasteiger partial charge < -0.3 is 10.1 Å². The minimum absolute atomic E-state index is 0.0797. The van der Waals surface area contributed by atoms with E-state index in [1.807, 2.05) is 36.4 Å². The molecule has 0 aliphatic rings. The number of ether oxygens (including phenoxy) is 1. The molecule has 1 unspecified atom stereocenters. The average molecular weight is 303 g/mol. The Morgan fingerprint density at radius 3 is 2.33 bits per heavy atom. The molecule has 4 heteroatoms. The zero-order valence-electron chi connectivity index (χ0n) is 12.8. The first kappa shape index (κ1) is 15.6. The maximum absolute atomic E-state index is 12.1. The van der Waals surface area contributed by atoms with Crippen molar-refractivity contribution in [3.63, 3.8) is 0 Å². The van der Waals surface area contributed by atoms with Crippen LogP contribution in [0, 0.1) is 0 Å². The van der Waals surface area contributed by atoms with Crippen LogP contribution >= 0.6 is 11.3 Å². The minimum atomic E-state index is -0.474. The highest BCUT2D eigenvalue weighted by Gasteiger charge is 2.25. The van der Waals surface area contributed by atoms with Crippen LogP contribution in [0.4, 0.5) is 5.69 Å². The van der Waals surface area contributed by atoms with Gasteiger partial charge in [0.15, 0.2) is 6.04 Å². The normalized spacial score (nSPS) is 12.8.